The number of ether oxygens (including phenoxy) is 2. The first-order chi connectivity index (χ1) is 15.9. The number of rotatable bonds is 7. The van der Waals surface area contributed by atoms with Crippen LogP contribution < -0.4 is 4.74 Å². The standard InChI is InChI=1S/C26H30N2O5/c1-17-4-6-19(7-5-17)23-22(24(29)20-8-9-21(32-3)18(2)16-20)25(30)26(31)28(23)11-10-27-12-14-33-15-13-27/h4-9,16,22-23H,10-15H2,1-3H3. The summed E-state index contributed by atoms with van der Waals surface area (Å²) in [5.41, 5.74) is 3.08. The lowest BCUT2D eigenvalue weighted by molar-refractivity contribution is -0.141. The number of carbonyl (C=O) groups excluding carboxylic acids is 3. The molecule has 0 spiro atoms. The number of likely N-dealkylation sites (tertiary alicyclic amines) is 1. The van der Waals surface area contributed by atoms with Gasteiger partial charge in [0.1, 0.15) is 11.7 Å². The molecule has 0 aromatic heterocycles. The smallest absolute Gasteiger partial charge is 0.291 e. The van der Waals surface area contributed by atoms with E-state index >= 15 is 0 Å². The summed E-state index contributed by atoms with van der Waals surface area (Å²) < 4.78 is 10.7. The van der Waals surface area contributed by atoms with E-state index in [0.717, 1.165) is 29.8 Å². The van der Waals surface area contributed by atoms with Gasteiger partial charge in [-0.25, -0.2) is 0 Å². The molecule has 0 N–H and O–H groups in total. The average molecular weight is 451 g/mol. The van der Waals surface area contributed by atoms with Crippen LogP contribution in [0.3, 0.4) is 0 Å². The van der Waals surface area contributed by atoms with Crippen LogP contribution in [0.5, 0.6) is 5.75 Å². The second-order valence-electron chi connectivity index (χ2n) is 8.70. The largest absolute Gasteiger partial charge is 0.496 e. The number of hydrogen-bond donors (Lipinski definition) is 0. The van der Waals surface area contributed by atoms with E-state index in [1.165, 1.54) is 0 Å². The Hall–Kier alpha value is -3.03. The Labute approximate surface area is 194 Å². The summed E-state index contributed by atoms with van der Waals surface area (Å²) in [4.78, 5) is 43.7. The number of hydrogen-bond acceptors (Lipinski definition) is 6. The number of Topliss-reactive ketones (excluding diaryl/α,β-unsaturated/α-hetero) is 2. The molecule has 33 heavy (non-hydrogen) atoms. The molecule has 2 unspecified atom stereocenters. The zero-order chi connectivity index (χ0) is 23.5. The Morgan fingerprint density at radius 2 is 1.73 bits per heavy atom. The Morgan fingerprint density at radius 1 is 1.03 bits per heavy atom. The van der Waals surface area contributed by atoms with E-state index in [1.807, 2.05) is 38.1 Å². The van der Waals surface area contributed by atoms with Crippen molar-refractivity contribution in [2.45, 2.75) is 19.9 Å². The molecule has 2 aromatic rings. The lowest BCUT2D eigenvalue weighted by atomic mass is 9.85. The molecule has 4 rings (SSSR count). The number of amides is 1. The minimum atomic E-state index is -1.07. The van der Waals surface area contributed by atoms with Crippen LogP contribution in [0.2, 0.25) is 0 Å². The lowest BCUT2D eigenvalue weighted by Crippen LogP contribution is -2.42. The molecule has 0 aliphatic carbocycles. The summed E-state index contributed by atoms with van der Waals surface area (Å²) >= 11 is 0. The molecule has 7 nitrogen and oxygen atoms in total. The minimum absolute atomic E-state index is 0.335. The predicted octanol–water partition coefficient (Wildman–Crippen LogP) is 2.60. The van der Waals surface area contributed by atoms with Crippen molar-refractivity contribution in [2.24, 2.45) is 5.92 Å². The van der Waals surface area contributed by atoms with Crippen molar-refractivity contribution in [3.63, 3.8) is 0 Å². The molecular weight excluding hydrogens is 420 g/mol. The molecule has 2 atom stereocenters. The normalized spacial score (nSPS) is 21.5. The molecule has 2 saturated heterocycles. The first-order valence-electron chi connectivity index (χ1n) is 11.3. The van der Waals surface area contributed by atoms with Crippen molar-refractivity contribution in [3.8, 4) is 5.75 Å². The molecule has 2 heterocycles. The molecule has 174 valence electrons. The van der Waals surface area contributed by atoms with Gasteiger partial charge < -0.3 is 14.4 Å². The quantitative estimate of drug-likeness (QED) is 0.367. The van der Waals surface area contributed by atoms with Crippen molar-refractivity contribution in [2.75, 3.05) is 46.5 Å². The van der Waals surface area contributed by atoms with Crippen LogP contribution in [0.4, 0.5) is 0 Å². The molecule has 2 aromatic carbocycles. The highest BCUT2D eigenvalue weighted by atomic mass is 16.5. The number of methoxy groups -OCH3 is 1. The fraction of sp³-hybridized carbons (Fsp3) is 0.423. The van der Waals surface area contributed by atoms with Crippen LogP contribution in [0, 0.1) is 19.8 Å². The van der Waals surface area contributed by atoms with E-state index in [9.17, 15) is 14.4 Å². The number of carbonyl (C=O) groups is 3. The summed E-state index contributed by atoms with van der Waals surface area (Å²) in [5, 5.41) is 0. The number of morpholine rings is 1. The van der Waals surface area contributed by atoms with Gasteiger partial charge in [-0.05, 0) is 43.2 Å². The third-order valence-corrected chi connectivity index (χ3v) is 6.55. The average Bonchev–Trinajstić information content (AvgIpc) is 3.08. The summed E-state index contributed by atoms with van der Waals surface area (Å²) in [5.74, 6) is -1.96. The van der Waals surface area contributed by atoms with Gasteiger partial charge in [-0.1, -0.05) is 29.8 Å². The molecule has 0 bridgehead atoms. The lowest BCUT2D eigenvalue weighted by Gasteiger charge is -2.31. The highest BCUT2D eigenvalue weighted by Crippen LogP contribution is 2.38. The van der Waals surface area contributed by atoms with Crippen molar-refractivity contribution in [1.29, 1.82) is 0 Å². The fourth-order valence-corrected chi connectivity index (χ4v) is 4.65. The first kappa shape index (κ1) is 23.1. The van der Waals surface area contributed by atoms with Crippen LogP contribution in [0.1, 0.15) is 33.1 Å². The second kappa shape index (κ2) is 9.85. The van der Waals surface area contributed by atoms with Gasteiger partial charge in [0, 0.05) is 31.7 Å². The maximum atomic E-state index is 13.6. The van der Waals surface area contributed by atoms with Crippen molar-refractivity contribution < 1.29 is 23.9 Å². The number of ketones is 2. The summed E-state index contributed by atoms with van der Waals surface area (Å²) in [6, 6.07) is 12.2. The van der Waals surface area contributed by atoms with Crippen molar-refractivity contribution >= 4 is 17.5 Å². The Bertz CT molecular complexity index is 1040. The van der Waals surface area contributed by atoms with E-state index in [2.05, 4.69) is 4.90 Å². The molecule has 7 heteroatoms. The Kier molecular flexibility index (Phi) is 6.91. The summed E-state index contributed by atoms with van der Waals surface area (Å²) in [6.07, 6.45) is 0. The van der Waals surface area contributed by atoms with Crippen LogP contribution in [0.15, 0.2) is 42.5 Å². The minimum Gasteiger partial charge on any atom is -0.496 e. The van der Waals surface area contributed by atoms with Gasteiger partial charge in [0.25, 0.3) is 5.91 Å². The van der Waals surface area contributed by atoms with Gasteiger partial charge >= 0.3 is 0 Å². The van der Waals surface area contributed by atoms with Crippen LogP contribution >= 0.6 is 0 Å². The van der Waals surface area contributed by atoms with Crippen LogP contribution in [-0.4, -0.2) is 73.8 Å². The fourth-order valence-electron chi connectivity index (χ4n) is 4.65. The summed E-state index contributed by atoms with van der Waals surface area (Å²) in [7, 11) is 1.57. The molecule has 2 aliphatic heterocycles. The Balaban J connectivity index is 1.67. The number of benzene rings is 2. The maximum Gasteiger partial charge on any atom is 0.291 e. The predicted molar refractivity (Wildman–Crippen MR) is 123 cm³/mol. The monoisotopic (exact) mass is 450 g/mol. The van der Waals surface area contributed by atoms with E-state index in [4.69, 9.17) is 9.47 Å². The molecule has 0 radical (unpaired) electrons. The third-order valence-electron chi connectivity index (χ3n) is 6.55. The van der Waals surface area contributed by atoms with Crippen LogP contribution in [0.25, 0.3) is 0 Å². The zero-order valence-electron chi connectivity index (χ0n) is 19.4. The highest BCUT2D eigenvalue weighted by molar-refractivity contribution is 6.44. The first-order valence-corrected chi connectivity index (χ1v) is 11.3. The van der Waals surface area contributed by atoms with Gasteiger partial charge in [-0.15, -0.1) is 0 Å². The van der Waals surface area contributed by atoms with Gasteiger partial charge in [0.05, 0.1) is 26.4 Å². The van der Waals surface area contributed by atoms with Gasteiger partial charge in [0.2, 0.25) is 5.78 Å². The van der Waals surface area contributed by atoms with Crippen LogP contribution in [-0.2, 0) is 14.3 Å². The van der Waals surface area contributed by atoms with Crippen molar-refractivity contribution in [3.05, 3.63) is 64.7 Å². The van der Waals surface area contributed by atoms with E-state index in [0.29, 0.717) is 37.6 Å². The highest BCUT2D eigenvalue weighted by Gasteiger charge is 2.51. The Morgan fingerprint density at radius 3 is 2.36 bits per heavy atom. The molecule has 2 fully saturated rings. The van der Waals surface area contributed by atoms with Gasteiger partial charge in [-0.3, -0.25) is 19.3 Å². The van der Waals surface area contributed by atoms with Crippen molar-refractivity contribution in [1.82, 2.24) is 9.80 Å². The summed E-state index contributed by atoms with van der Waals surface area (Å²) in [6.45, 7) is 7.74. The van der Waals surface area contributed by atoms with Gasteiger partial charge in [-0.2, -0.15) is 0 Å². The maximum absolute atomic E-state index is 13.6. The second-order valence-corrected chi connectivity index (χ2v) is 8.70. The van der Waals surface area contributed by atoms with E-state index in [1.54, 1.807) is 30.2 Å². The topological polar surface area (TPSA) is 76.2 Å². The third kappa shape index (κ3) is 4.70. The number of aryl methyl sites for hydroxylation is 2. The van der Waals surface area contributed by atoms with E-state index in [-0.39, 0.29) is 5.78 Å². The molecular formula is C26H30N2O5. The molecule has 1 amide bonds. The zero-order valence-corrected chi connectivity index (χ0v) is 19.4. The SMILES string of the molecule is COc1ccc(C(=O)C2C(=O)C(=O)N(CCN3CCOCC3)C2c2ccc(C)cc2)cc1C. The van der Waals surface area contributed by atoms with E-state index < -0.39 is 23.7 Å². The molecule has 2 aliphatic rings. The number of nitrogens with zero attached hydrogens (tertiary/aromatic N) is 2. The molecule has 0 saturated carbocycles. The van der Waals surface area contributed by atoms with Gasteiger partial charge in [0.15, 0.2) is 5.78 Å².